The zero-order valence-electron chi connectivity index (χ0n) is 16.2. The predicted molar refractivity (Wildman–Crippen MR) is 104 cm³/mol. The van der Waals surface area contributed by atoms with E-state index in [-0.39, 0.29) is 37.4 Å². The molecule has 0 saturated carbocycles. The van der Waals surface area contributed by atoms with Crippen LogP contribution < -0.4 is 10.2 Å². The fraction of sp³-hybridized carbons (Fsp3) is 0.333. The lowest BCUT2D eigenvalue weighted by atomic mass is 10.1. The third kappa shape index (κ3) is 4.95. The van der Waals surface area contributed by atoms with E-state index in [1.54, 1.807) is 54.1 Å². The van der Waals surface area contributed by atoms with Crippen LogP contribution >= 0.6 is 0 Å². The molecule has 0 aromatic heterocycles. The van der Waals surface area contributed by atoms with Crippen molar-refractivity contribution in [3.05, 3.63) is 59.7 Å². The molecular formula is C21H22F3N3O2. The third-order valence-electron chi connectivity index (χ3n) is 4.74. The minimum absolute atomic E-state index is 0.00309. The standard InChI is InChI=1S/C21H22F3N3O2/c1-14-10-19(28)25-17-8-3-4-9-18(17)27(14)20(29)13-26(2)12-15-6-5-7-16(11-15)21(22,23)24/h3-9,11,14H,10,12-13H2,1-2H3,(H,25,28)/t14-/m0/s1. The molecule has 3 rings (SSSR count). The number of likely N-dealkylation sites (N-methyl/N-ethyl adjacent to an activating group) is 1. The molecule has 1 aliphatic rings. The second kappa shape index (κ2) is 8.24. The van der Waals surface area contributed by atoms with Crippen LogP contribution in [0.4, 0.5) is 24.5 Å². The van der Waals surface area contributed by atoms with Gasteiger partial charge in [-0.15, -0.1) is 0 Å². The van der Waals surface area contributed by atoms with Gasteiger partial charge in [0.2, 0.25) is 11.8 Å². The maximum absolute atomic E-state index is 13.0. The van der Waals surface area contributed by atoms with Crippen molar-refractivity contribution in [3.63, 3.8) is 0 Å². The maximum Gasteiger partial charge on any atom is 0.416 e. The minimum Gasteiger partial charge on any atom is -0.324 e. The van der Waals surface area contributed by atoms with Gasteiger partial charge in [-0.25, -0.2) is 0 Å². The number of hydrogen-bond donors (Lipinski definition) is 1. The summed E-state index contributed by atoms with van der Waals surface area (Å²) in [5, 5.41) is 2.80. The Morgan fingerprint density at radius 1 is 1.21 bits per heavy atom. The summed E-state index contributed by atoms with van der Waals surface area (Å²) < 4.78 is 38.7. The zero-order valence-corrected chi connectivity index (χ0v) is 16.2. The van der Waals surface area contributed by atoms with Gasteiger partial charge in [-0.3, -0.25) is 14.5 Å². The Balaban J connectivity index is 1.75. The van der Waals surface area contributed by atoms with Gasteiger partial charge in [0.05, 0.1) is 23.5 Å². The van der Waals surface area contributed by atoms with Crippen molar-refractivity contribution in [2.75, 3.05) is 23.8 Å². The van der Waals surface area contributed by atoms with E-state index in [1.807, 2.05) is 0 Å². The van der Waals surface area contributed by atoms with Crippen LogP contribution in [0.25, 0.3) is 0 Å². The van der Waals surface area contributed by atoms with Crippen LogP contribution in [0.15, 0.2) is 48.5 Å². The molecule has 2 aromatic rings. The first kappa shape index (κ1) is 20.9. The molecule has 0 spiro atoms. The zero-order chi connectivity index (χ0) is 21.2. The number of fused-ring (bicyclic) bond motifs is 1. The number of carbonyl (C=O) groups excluding carboxylic acids is 2. The molecule has 0 fully saturated rings. The topological polar surface area (TPSA) is 52.7 Å². The number of carbonyl (C=O) groups is 2. The molecule has 0 radical (unpaired) electrons. The summed E-state index contributed by atoms with van der Waals surface area (Å²) in [6.45, 7) is 1.99. The summed E-state index contributed by atoms with van der Waals surface area (Å²) in [5.41, 5.74) is 0.935. The molecule has 1 N–H and O–H groups in total. The number of nitrogens with zero attached hydrogens (tertiary/aromatic N) is 2. The maximum atomic E-state index is 13.0. The fourth-order valence-electron chi connectivity index (χ4n) is 3.49. The van der Waals surface area contributed by atoms with Crippen molar-refractivity contribution in [3.8, 4) is 0 Å². The SMILES string of the molecule is C[C@H]1CC(=O)Nc2ccccc2N1C(=O)CN(C)Cc1cccc(C(F)(F)F)c1. The number of halogens is 3. The fourth-order valence-corrected chi connectivity index (χ4v) is 3.49. The normalized spacial score (nSPS) is 17.0. The highest BCUT2D eigenvalue weighted by atomic mass is 19.4. The van der Waals surface area contributed by atoms with Crippen molar-refractivity contribution >= 4 is 23.2 Å². The Labute approximate surface area is 167 Å². The van der Waals surface area contributed by atoms with Crippen molar-refractivity contribution < 1.29 is 22.8 Å². The van der Waals surface area contributed by atoms with Crippen LogP contribution in [0, 0.1) is 0 Å². The quantitative estimate of drug-likeness (QED) is 0.840. The molecule has 1 heterocycles. The number of alkyl halides is 3. The lowest BCUT2D eigenvalue weighted by Gasteiger charge is -2.29. The summed E-state index contributed by atoms with van der Waals surface area (Å²) in [6, 6.07) is 11.8. The highest BCUT2D eigenvalue weighted by Crippen LogP contribution is 2.32. The van der Waals surface area contributed by atoms with Crippen LogP contribution in [-0.4, -0.2) is 36.3 Å². The van der Waals surface area contributed by atoms with Gasteiger partial charge in [0.1, 0.15) is 0 Å². The van der Waals surface area contributed by atoms with Crippen molar-refractivity contribution in [1.29, 1.82) is 0 Å². The van der Waals surface area contributed by atoms with E-state index in [4.69, 9.17) is 0 Å². The smallest absolute Gasteiger partial charge is 0.324 e. The van der Waals surface area contributed by atoms with Gasteiger partial charge in [-0.2, -0.15) is 13.2 Å². The summed E-state index contributed by atoms with van der Waals surface area (Å²) in [4.78, 5) is 28.3. The van der Waals surface area contributed by atoms with Gasteiger partial charge in [0.15, 0.2) is 0 Å². The molecule has 5 nitrogen and oxygen atoms in total. The van der Waals surface area contributed by atoms with Crippen LogP contribution in [0.3, 0.4) is 0 Å². The lowest BCUT2D eigenvalue weighted by molar-refractivity contribution is -0.137. The highest BCUT2D eigenvalue weighted by molar-refractivity contribution is 6.04. The molecule has 0 saturated heterocycles. The van der Waals surface area contributed by atoms with Gasteiger partial charge in [0, 0.05) is 19.0 Å². The van der Waals surface area contributed by atoms with Gasteiger partial charge < -0.3 is 10.2 Å². The van der Waals surface area contributed by atoms with Crippen LogP contribution in [0.5, 0.6) is 0 Å². The van der Waals surface area contributed by atoms with E-state index in [1.165, 1.54) is 6.07 Å². The van der Waals surface area contributed by atoms with Gasteiger partial charge in [-0.1, -0.05) is 30.3 Å². The number of para-hydroxylation sites is 2. The molecule has 2 aromatic carbocycles. The molecule has 0 unspecified atom stereocenters. The molecule has 29 heavy (non-hydrogen) atoms. The summed E-state index contributed by atoms with van der Waals surface area (Å²) >= 11 is 0. The first-order valence-corrected chi connectivity index (χ1v) is 9.21. The monoisotopic (exact) mass is 405 g/mol. The second-order valence-corrected chi connectivity index (χ2v) is 7.25. The molecule has 1 atom stereocenters. The van der Waals surface area contributed by atoms with E-state index < -0.39 is 11.7 Å². The average Bonchev–Trinajstić information content (AvgIpc) is 2.75. The summed E-state index contributed by atoms with van der Waals surface area (Å²) in [5.74, 6) is -0.395. The summed E-state index contributed by atoms with van der Waals surface area (Å²) in [7, 11) is 1.68. The van der Waals surface area contributed by atoms with Gasteiger partial charge in [0.25, 0.3) is 0 Å². The number of rotatable bonds is 4. The van der Waals surface area contributed by atoms with Gasteiger partial charge >= 0.3 is 6.18 Å². The second-order valence-electron chi connectivity index (χ2n) is 7.25. The number of nitrogens with one attached hydrogen (secondary N) is 1. The van der Waals surface area contributed by atoms with Crippen LogP contribution in [0.2, 0.25) is 0 Å². The number of benzene rings is 2. The van der Waals surface area contributed by atoms with Crippen molar-refractivity contribution in [1.82, 2.24) is 4.90 Å². The largest absolute Gasteiger partial charge is 0.416 e. The first-order chi connectivity index (χ1) is 13.6. The molecular weight excluding hydrogens is 383 g/mol. The molecule has 154 valence electrons. The van der Waals surface area contributed by atoms with Crippen LogP contribution in [-0.2, 0) is 22.3 Å². The Kier molecular flexibility index (Phi) is 5.93. The Bertz CT molecular complexity index is 914. The molecule has 8 heteroatoms. The lowest BCUT2D eigenvalue weighted by Crippen LogP contribution is -2.44. The molecule has 0 bridgehead atoms. The van der Waals surface area contributed by atoms with E-state index in [9.17, 15) is 22.8 Å². The first-order valence-electron chi connectivity index (χ1n) is 9.21. The van der Waals surface area contributed by atoms with Crippen molar-refractivity contribution in [2.24, 2.45) is 0 Å². The molecule has 0 aliphatic carbocycles. The molecule has 2 amide bonds. The highest BCUT2D eigenvalue weighted by Gasteiger charge is 2.31. The molecule has 1 aliphatic heterocycles. The predicted octanol–water partition coefficient (Wildman–Crippen LogP) is 3.90. The van der Waals surface area contributed by atoms with Gasteiger partial charge in [-0.05, 0) is 37.7 Å². The van der Waals surface area contributed by atoms with E-state index >= 15 is 0 Å². The van der Waals surface area contributed by atoms with Crippen LogP contribution in [0.1, 0.15) is 24.5 Å². The average molecular weight is 405 g/mol. The number of hydrogen-bond acceptors (Lipinski definition) is 3. The number of amides is 2. The van der Waals surface area contributed by atoms with Crippen molar-refractivity contribution in [2.45, 2.75) is 32.1 Å². The van der Waals surface area contributed by atoms with E-state index in [0.717, 1.165) is 12.1 Å². The van der Waals surface area contributed by atoms with E-state index in [2.05, 4.69) is 5.32 Å². The minimum atomic E-state index is -4.41. The third-order valence-corrected chi connectivity index (χ3v) is 4.74. The Morgan fingerprint density at radius 3 is 2.66 bits per heavy atom. The Morgan fingerprint density at radius 2 is 1.93 bits per heavy atom. The Hall–Kier alpha value is -2.87. The van der Waals surface area contributed by atoms with E-state index in [0.29, 0.717) is 16.9 Å². The number of anilines is 2. The summed E-state index contributed by atoms with van der Waals surface area (Å²) in [6.07, 6.45) is -4.24.